The highest BCUT2D eigenvalue weighted by Crippen LogP contribution is 2.21. The molecule has 29 heavy (non-hydrogen) atoms. The first-order chi connectivity index (χ1) is 14.0. The minimum Gasteiger partial charge on any atom is -0.349 e. The molecule has 1 atom stereocenters. The number of carbonyl (C=O) groups excluding carboxylic acids is 2. The van der Waals surface area contributed by atoms with E-state index in [0.29, 0.717) is 23.7 Å². The van der Waals surface area contributed by atoms with E-state index in [4.69, 9.17) is 5.26 Å². The second-order valence-corrected chi connectivity index (χ2v) is 7.24. The Balaban J connectivity index is 1.64. The predicted molar refractivity (Wildman–Crippen MR) is 113 cm³/mol. The topological polar surface area (TPSA) is 73.2 Å². The fraction of sp³-hybridized carbons (Fsp3) is 0.292. The molecule has 0 radical (unpaired) electrons. The minimum absolute atomic E-state index is 0.0486. The number of rotatable bonds is 7. The first-order valence-corrected chi connectivity index (χ1v) is 9.91. The molecule has 5 nitrogen and oxygen atoms in total. The molecule has 0 spiro atoms. The van der Waals surface area contributed by atoms with Crippen LogP contribution in [0.25, 0.3) is 6.08 Å². The van der Waals surface area contributed by atoms with E-state index in [9.17, 15) is 9.59 Å². The number of hydrogen-bond acceptors (Lipinski definition) is 3. The van der Waals surface area contributed by atoms with Crippen LogP contribution in [0.15, 0.2) is 54.6 Å². The quantitative estimate of drug-likeness (QED) is 0.728. The third-order valence-electron chi connectivity index (χ3n) is 5.12. The average Bonchev–Trinajstić information content (AvgIpc) is 3.57. The molecule has 1 aliphatic carbocycles. The summed E-state index contributed by atoms with van der Waals surface area (Å²) in [5.74, 6) is -0.132. The van der Waals surface area contributed by atoms with Gasteiger partial charge in [0.15, 0.2) is 0 Å². The molecule has 2 aromatic carbocycles. The van der Waals surface area contributed by atoms with Crippen LogP contribution in [0.3, 0.4) is 0 Å². The van der Waals surface area contributed by atoms with E-state index in [1.807, 2.05) is 38.1 Å². The lowest BCUT2D eigenvalue weighted by atomic mass is 10.0. The summed E-state index contributed by atoms with van der Waals surface area (Å²) in [6.07, 6.45) is 5.44. The van der Waals surface area contributed by atoms with E-state index in [2.05, 4.69) is 11.4 Å². The van der Waals surface area contributed by atoms with Gasteiger partial charge in [0, 0.05) is 24.2 Å². The molecule has 2 amide bonds. The monoisotopic (exact) mass is 387 g/mol. The van der Waals surface area contributed by atoms with Crippen LogP contribution in [0.4, 0.5) is 0 Å². The Morgan fingerprint density at radius 2 is 1.83 bits per heavy atom. The molecule has 2 aromatic rings. The van der Waals surface area contributed by atoms with Crippen LogP contribution in [0.2, 0.25) is 0 Å². The standard InChI is InChI=1S/C24H25N3O2/c1-3-27(17(2)20-9-6-19(16-25)7-10-20)23(28)15-8-18-4-11-21(12-5-18)24(29)26-22-13-14-22/h4-12,15,17,22H,3,13-14H2,1-2H3,(H,26,29)/b15-8+. The molecule has 1 saturated carbocycles. The van der Waals surface area contributed by atoms with Crippen LogP contribution >= 0.6 is 0 Å². The van der Waals surface area contributed by atoms with Crippen molar-refractivity contribution in [3.63, 3.8) is 0 Å². The number of carbonyl (C=O) groups is 2. The first kappa shape index (κ1) is 20.3. The van der Waals surface area contributed by atoms with Gasteiger partial charge >= 0.3 is 0 Å². The van der Waals surface area contributed by atoms with Gasteiger partial charge in [-0.05, 0) is 68.2 Å². The van der Waals surface area contributed by atoms with Gasteiger partial charge in [0.05, 0.1) is 17.7 Å². The number of nitrogens with one attached hydrogen (secondary N) is 1. The molecule has 1 fully saturated rings. The lowest BCUT2D eigenvalue weighted by molar-refractivity contribution is -0.127. The summed E-state index contributed by atoms with van der Waals surface area (Å²) >= 11 is 0. The van der Waals surface area contributed by atoms with E-state index in [-0.39, 0.29) is 17.9 Å². The molecule has 0 aromatic heterocycles. The van der Waals surface area contributed by atoms with Crippen LogP contribution in [0, 0.1) is 11.3 Å². The van der Waals surface area contributed by atoms with Gasteiger partial charge in [-0.1, -0.05) is 24.3 Å². The third-order valence-corrected chi connectivity index (χ3v) is 5.12. The molecule has 0 heterocycles. The van der Waals surface area contributed by atoms with Gasteiger partial charge in [-0.15, -0.1) is 0 Å². The Labute approximate surface area is 171 Å². The van der Waals surface area contributed by atoms with Crippen molar-refractivity contribution in [3.05, 3.63) is 76.9 Å². The van der Waals surface area contributed by atoms with E-state index in [1.165, 1.54) is 0 Å². The van der Waals surface area contributed by atoms with E-state index in [1.54, 1.807) is 41.3 Å². The summed E-state index contributed by atoms with van der Waals surface area (Å²) in [7, 11) is 0. The molecule has 1 N–H and O–H groups in total. The van der Waals surface area contributed by atoms with Crippen molar-refractivity contribution in [2.24, 2.45) is 0 Å². The second-order valence-electron chi connectivity index (χ2n) is 7.24. The third kappa shape index (κ3) is 5.32. The van der Waals surface area contributed by atoms with Crippen molar-refractivity contribution in [2.75, 3.05) is 6.54 Å². The van der Waals surface area contributed by atoms with Gasteiger partial charge in [-0.2, -0.15) is 5.26 Å². The molecule has 1 unspecified atom stereocenters. The Kier molecular flexibility index (Phi) is 6.46. The van der Waals surface area contributed by atoms with Crippen LogP contribution in [0.5, 0.6) is 0 Å². The largest absolute Gasteiger partial charge is 0.349 e. The molecular formula is C24H25N3O2. The van der Waals surface area contributed by atoms with E-state index in [0.717, 1.165) is 24.0 Å². The van der Waals surface area contributed by atoms with Crippen molar-refractivity contribution in [3.8, 4) is 6.07 Å². The lowest BCUT2D eigenvalue weighted by Gasteiger charge is -2.27. The maximum atomic E-state index is 12.7. The highest BCUT2D eigenvalue weighted by Gasteiger charge is 2.23. The molecule has 5 heteroatoms. The Morgan fingerprint density at radius 1 is 1.17 bits per heavy atom. The summed E-state index contributed by atoms with van der Waals surface area (Å²) < 4.78 is 0. The Hall–Kier alpha value is -3.39. The van der Waals surface area contributed by atoms with E-state index >= 15 is 0 Å². The number of likely N-dealkylation sites (N-methyl/N-ethyl adjacent to an activating group) is 1. The number of nitriles is 1. The van der Waals surface area contributed by atoms with Crippen LogP contribution in [-0.4, -0.2) is 29.3 Å². The first-order valence-electron chi connectivity index (χ1n) is 9.91. The molecule has 1 aliphatic rings. The zero-order valence-corrected chi connectivity index (χ0v) is 16.8. The van der Waals surface area contributed by atoms with Crippen LogP contribution in [-0.2, 0) is 4.79 Å². The van der Waals surface area contributed by atoms with Crippen LogP contribution < -0.4 is 5.32 Å². The molecule has 0 aliphatic heterocycles. The molecule has 3 rings (SSSR count). The summed E-state index contributed by atoms with van der Waals surface area (Å²) in [5.41, 5.74) is 3.08. The van der Waals surface area contributed by atoms with Gasteiger partial charge in [0.25, 0.3) is 5.91 Å². The summed E-state index contributed by atoms with van der Waals surface area (Å²) in [4.78, 5) is 26.5. The highest BCUT2D eigenvalue weighted by molar-refractivity contribution is 5.95. The van der Waals surface area contributed by atoms with Crippen molar-refractivity contribution in [1.29, 1.82) is 5.26 Å². The Morgan fingerprint density at radius 3 is 2.38 bits per heavy atom. The summed E-state index contributed by atoms with van der Waals surface area (Å²) in [6, 6.07) is 16.9. The zero-order chi connectivity index (χ0) is 20.8. The predicted octanol–water partition coefficient (Wildman–Crippen LogP) is 4.07. The normalized spacial score (nSPS) is 14.2. The maximum absolute atomic E-state index is 12.7. The number of amides is 2. The van der Waals surface area contributed by atoms with Crippen molar-refractivity contribution in [2.45, 2.75) is 38.8 Å². The molecule has 148 valence electrons. The van der Waals surface area contributed by atoms with Crippen molar-refractivity contribution in [1.82, 2.24) is 10.2 Å². The Bertz CT molecular complexity index is 936. The molecule has 0 bridgehead atoms. The van der Waals surface area contributed by atoms with Gasteiger partial charge < -0.3 is 10.2 Å². The fourth-order valence-electron chi connectivity index (χ4n) is 3.14. The second kappa shape index (κ2) is 9.20. The van der Waals surface area contributed by atoms with Crippen molar-refractivity contribution < 1.29 is 9.59 Å². The van der Waals surface area contributed by atoms with Gasteiger partial charge in [-0.3, -0.25) is 9.59 Å². The van der Waals surface area contributed by atoms with Gasteiger partial charge in [0.1, 0.15) is 0 Å². The smallest absolute Gasteiger partial charge is 0.251 e. The average molecular weight is 387 g/mol. The SMILES string of the molecule is CCN(C(=O)/C=C/c1ccc(C(=O)NC2CC2)cc1)C(C)c1ccc(C#N)cc1. The minimum atomic E-state index is -0.0987. The number of nitrogens with zero attached hydrogens (tertiary/aromatic N) is 2. The molecule has 0 saturated heterocycles. The fourth-order valence-corrected chi connectivity index (χ4v) is 3.14. The number of benzene rings is 2. The van der Waals surface area contributed by atoms with Crippen molar-refractivity contribution >= 4 is 17.9 Å². The number of hydrogen-bond donors (Lipinski definition) is 1. The van der Waals surface area contributed by atoms with Gasteiger partial charge in [0.2, 0.25) is 5.91 Å². The molecular weight excluding hydrogens is 362 g/mol. The van der Waals surface area contributed by atoms with E-state index < -0.39 is 0 Å². The van der Waals surface area contributed by atoms with Crippen LogP contribution in [0.1, 0.15) is 59.8 Å². The summed E-state index contributed by atoms with van der Waals surface area (Å²) in [6.45, 7) is 4.49. The maximum Gasteiger partial charge on any atom is 0.251 e. The highest BCUT2D eigenvalue weighted by atomic mass is 16.2. The summed E-state index contributed by atoms with van der Waals surface area (Å²) in [5, 5.41) is 11.9. The lowest BCUT2D eigenvalue weighted by Crippen LogP contribution is -2.32. The zero-order valence-electron chi connectivity index (χ0n) is 16.8. The van der Waals surface area contributed by atoms with Gasteiger partial charge in [-0.25, -0.2) is 0 Å².